The summed E-state index contributed by atoms with van der Waals surface area (Å²) in [5, 5.41) is 9.10. The van der Waals surface area contributed by atoms with E-state index in [4.69, 9.17) is 5.11 Å². The molecule has 0 bridgehead atoms. The van der Waals surface area contributed by atoms with E-state index in [2.05, 4.69) is 4.72 Å². The maximum absolute atomic E-state index is 12.1. The lowest BCUT2D eigenvalue weighted by Crippen LogP contribution is -2.40. The molecule has 0 saturated carbocycles. The van der Waals surface area contributed by atoms with Gasteiger partial charge in [0.15, 0.2) is 0 Å². The SMILES string of the molecule is CCc1ccc(S(=O)(=O)NC(C)(C)C)cc1C(=O)O. The highest BCUT2D eigenvalue weighted by atomic mass is 32.2. The quantitative estimate of drug-likeness (QED) is 0.886. The molecule has 0 aromatic heterocycles. The van der Waals surface area contributed by atoms with Gasteiger partial charge in [0.25, 0.3) is 0 Å². The first kappa shape index (κ1) is 15.7. The summed E-state index contributed by atoms with van der Waals surface area (Å²) in [6, 6.07) is 4.18. The minimum Gasteiger partial charge on any atom is -0.478 e. The molecule has 0 heterocycles. The minimum atomic E-state index is -3.71. The molecule has 0 amide bonds. The zero-order valence-corrected chi connectivity index (χ0v) is 12.3. The highest BCUT2D eigenvalue weighted by Gasteiger charge is 2.23. The molecular formula is C13H19NO4S. The molecule has 0 aliphatic carbocycles. The molecule has 2 N–H and O–H groups in total. The van der Waals surface area contributed by atoms with Crippen molar-refractivity contribution < 1.29 is 18.3 Å². The molecule has 0 saturated heterocycles. The Morgan fingerprint density at radius 2 is 1.89 bits per heavy atom. The lowest BCUT2D eigenvalue weighted by atomic mass is 10.1. The number of nitrogens with one attached hydrogen (secondary N) is 1. The van der Waals surface area contributed by atoms with Crippen LogP contribution in [0, 0.1) is 0 Å². The number of hydrogen-bond acceptors (Lipinski definition) is 3. The third kappa shape index (κ3) is 4.04. The molecule has 0 radical (unpaired) electrons. The predicted octanol–water partition coefficient (Wildman–Crippen LogP) is 2.02. The van der Waals surface area contributed by atoms with Gasteiger partial charge in [0.2, 0.25) is 10.0 Å². The monoisotopic (exact) mass is 285 g/mol. The van der Waals surface area contributed by atoms with E-state index in [0.717, 1.165) is 0 Å². The van der Waals surface area contributed by atoms with Crippen LogP contribution in [0.25, 0.3) is 0 Å². The standard InChI is InChI=1S/C13H19NO4S/c1-5-9-6-7-10(8-11(9)12(15)16)19(17,18)14-13(2,3)4/h6-8,14H,5H2,1-4H3,(H,15,16). The van der Waals surface area contributed by atoms with Crippen LogP contribution in [0.5, 0.6) is 0 Å². The molecule has 0 spiro atoms. The van der Waals surface area contributed by atoms with Crippen molar-refractivity contribution in [2.24, 2.45) is 0 Å². The summed E-state index contributed by atoms with van der Waals surface area (Å²) in [7, 11) is -3.71. The summed E-state index contributed by atoms with van der Waals surface area (Å²) >= 11 is 0. The minimum absolute atomic E-state index is 0.0271. The Morgan fingerprint density at radius 3 is 2.32 bits per heavy atom. The van der Waals surface area contributed by atoms with Gasteiger partial charge in [-0.2, -0.15) is 0 Å². The number of hydrogen-bond donors (Lipinski definition) is 2. The molecule has 1 rings (SSSR count). The Labute approximate surface area is 113 Å². The largest absolute Gasteiger partial charge is 0.478 e. The fourth-order valence-corrected chi connectivity index (χ4v) is 3.14. The fraction of sp³-hybridized carbons (Fsp3) is 0.462. The van der Waals surface area contributed by atoms with Gasteiger partial charge in [-0.1, -0.05) is 13.0 Å². The van der Waals surface area contributed by atoms with Crippen molar-refractivity contribution in [1.29, 1.82) is 0 Å². The Balaban J connectivity index is 3.30. The second-order valence-corrected chi connectivity index (χ2v) is 7.02. The number of sulfonamides is 1. The highest BCUT2D eigenvalue weighted by Crippen LogP contribution is 2.18. The van der Waals surface area contributed by atoms with Gasteiger partial charge >= 0.3 is 5.97 Å². The van der Waals surface area contributed by atoms with Crippen LogP contribution >= 0.6 is 0 Å². The van der Waals surface area contributed by atoms with E-state index < -0.39 is 21.5 Å². The second kappa shape index (κ2) is 5.30. The van der Waals surface area contributed by atoms with Crippen molar-refractivity contribution in [3.63, 3.8) is 0 Å². The topological polar surface area (TPSA) is 83.5 Å². The third-order valence-corrected chi connectivity index (χ3v) is 4.20. The summed E-state index contributed by atoms with van der Waals surface area (Å²) in [6.45, 7) is 7.00. The lowest BCUT2D eigenvalue weighted by Gasteiger charge is -2.20. The van der Waals surface area contributed by atoms with E-state index in [9.17, 15) is 13.2 Å². The summed E-state index contributed by atoms with van der Waals surface area (Å²) in [6.07, 6.45) is 0.536. The molecule has 0 aliphatic heterocycles. The Bertz CT molecular complexity index is 585. The smallest absolute Gasteiger partial charge is 0.336 e. The summed E-state index contributed by atoms with van der Waals surface area (Å²) in [5.74, 6) is -1.12. The first-order valence-electron chi connectivity index (χ1n) is 5.97. The number of benzene rings is 1. The fourth-order valence-electron chi connectivity index (χ4n) is 1.69. The number of carboxylic acid groups (broad SMARTS) is 1. The van der Waals surface area contributed by atoms with Gasteiger partial charge in [0.1, 0.15) is 0 Å². The van der Waals surface area contributed by atoms with E-state index in [0.29, 0.717) is 12.0 Å². The van der Waals surface area contributed by atoms with Gasteiger partial charge in [0.05, 0.1) is 10.5 Å². The number of carboxylic acids is 1. The first-order valence-corrected chi connectivity index (χ1v) is 7.45. The molecule has 1 aromatic carbocycles. The van der Waals surface area contributed by atoms with E-state index >= 15 is 0 Å². The van der Waals surface area contributed by atoms with Gasteiger partial charge in [-0.25, -0.2) is 17.9 Å². The summed E-state index contributed by atoms with van der Waals surface area (Å²) < 4.78 is 26.7. The molecule has 19 heavy (non-hydrogen) atoms. The summed E-state index contributed by atoms with van der Waals surface area (Å²) in [5.41, 5.74) is 0.0209. The second-order valence-electron chi connectivity index (χ2n) is 5.33. The zero-order chi connectivity index (χ0) is 14.8. The van der Waals surface area contributed by atoms with E-state index in [1.54, 1.807) is 26.8 Å². The van der Waals surface area contributed by atoms with Crippen molar-refractivity contribution in [3.8, 4) is 0 Å². The molecule has 0 atom stereocenters. The third-order valence-electron chi connectivity index (χ3n) is 2.44. The van der Waals surface area contributed by atoms with Crippen LogP contribution in [0.2, 0.25) is 0 Å². The molecule has 106 valence electrons. The van der Waals surface area contributed by atoms with Gasteiger partial charge in [-0.15, -0.1) is 0 Å². The van der Waals surface area contributed by atoms with Crippen molar-refractivity contribution in [1.82, 2.24) is 4.72 Å². The lowest BCUT2D eigenvalue weighted by molar-refractivity contribution is 0.0695. The van der Waals surface area contributed by atoms with Crippen molar-refractivity contribution in [2.45, 2.75) is 44.6 Å². The number of aromatic carboxylic acids is 1. The number of aryl methyl sites for hydroxylation is 1. The molecular weight excluding hydrogens is 266 g/mol. The van der Waals surface area contributed by atoms with Crippen LogP contribution in [0.15, 0.2) is 23.1 Å². The van der Waals surface area contributed by atoms with Crippen LogP contribution in [-0.2, 0) is 16.4 Å². The van der Waals surface area contributed by atoms with Crippen molar-refractivity contribution in [2.75, 3.05) is 0 Å². The van der Waals surface area contributed by atoms with Crippen LogP contribution in [0.4, 0.5) is 0 Å². The van der Waals surface area contributed by atoms with E-state index in [1.807, 2.05) is 6.92 Å². The maximum atomic E-state index is 12.1. The zero-order valence-electron chi connectivity index (χ0n) is 11.5. The first-order chi connectivity index (χ1) is 8.57. The van der Waals surface area contributed by atoms with Crippen molar-refractivity contribution in [3.05, 3.63) is 29.3 Å². The number of rotatable bonds is 4. The van der Waals surface area contributed by atoms with Gasteiger partial charge in [0, 0.05) is 5.54 Å². The molecule has 6 heteroatoms. The van der Waals surface area contributed by atoms with Gasteiger partial charge in [-0.05, 0) is 44.9 Å². The molecule has 0 unspecified atom stereocenters. The Kier molecular flexibility index (Phi) is 4.37. The molecule has 0 fully saturated rings. The molecule has 5 nitrogen and oxygen atoms in total. The van der Waals surface area contributed by atoms with E-state index in [1.165, 1.54) is 12.1 Å². The average molecular weight is 285 g/mol. The van der Waals surface area contributed by atoms with Crippen LogP contribution in [0.1, 0.15) is 43.6 Å². The van der Waals surface area contributed by atoms with Crippen LogP contribution in [-0.4, -0.2) is 25.0 Å². The van der Waals surface area contributed by atoms with Gasteiger partial charge in [-0.3, -0.25) is 0 Å². The van der Waals surface area contributed by atoms with E-state index in [-0.39, 0.29) is 10.5 Å². The maximum Gasteiger partial charge on any atom is 0.336 e. The van der Waals surface area contributed by atoms with Crippen LogP contribution < -0.4 is 4.72 Å². The Morgan fingerprint density at radius 1 is 1.32 bits per heavy atom. The van der Waals surface area contributed by atoms with Gasteiger partial charge < -0.3 is 5.11 Å². The number of carbonyl (C=O) groups is 1. The average Bonchev–Trinajstić information content (AvgIpc) is 2.24. The predicted molar refractivity (Wildman–Crippen MR) is 72.9 cm³/mol. The van der Waals surface area contributed by atoms with Crippen LogP contribution in [0.3, 0.4) is 0 Å². The van der Waals surface area contributed by atoms with Crippen molar-refractivity contribution >= 4 is 16.0 Å². The normalized spacial score (nSPS) is 12.4. The highest BCUT2D eigenvalue weighted by molar-refractivity contribution is 7.89. The summed E-state index contributed by atoms with van der Waals surface area (Å²) in [4.78, 5) is 11.1. The Hall–Kier alpha value is -1.40. The molecule has 0 aliphatic rings. The molecule has 1 aromatic rings.